The van der Waals surface area contributed by atoms with Crippen LogP contribution in [0.25, 0.3) is 0 Å². The fraction of sp³-hybridized carbons (Fsp3) is 0.304. The highest BCUT2D eigenvalue weighted by atomic mass is 32.1. The zero-order valence-corrected chi connectivity index (χ0v) is 18.2. The molecule has 0 radical (unpaired) electrons. The Morgan fingerprint density at radius 2 is 1.94 bits per heavy atom. The molecule has 160 valence electrons. The van der Waals surface area contributed by atoms with E-state index < -0.39 is 0 Å². The Kier molecular flexibility index (Phi) is 6.08. The van der Waals surface area contributed by atoms with Crippen LogP contribution in [0.2, 0.25) is 0 Å². The average molecular weight is 439 g/mol. The summed E-state index contributed by atoms with van der Waals surface area (Å²) in [5.74, 6) is -0.504. The number of rotatable bonds is 4. The van der Waals surface area contributed by atoms with Crippen molar-refractivity contribution < 1.29 is 14.0 Å². The standard InChI is InChI=1S/C23H23FN4O2S/c1-14-21(31-15(2)26-14)23(30)28-11-3-4-17(13-28)20-10-5-16(12-25-20)22(29)27-19-8-6-18(24)7-9-19/h5-10,12,17H,3-4,11,13H2,1-2H3,(H,27,29)/t17-/m0/s1. The van der Waals surface area contributed by atoms with Gasteiger partial charge in [-0.2, -0.15) is 0 Å². The topological polar surface area (TPSA) is 75.2 Å². The van der Waals surface area contributed by atoms with Crippen molar-refractivity contribution in [3.8, 4) is 0 Å². The minimum Gasteiger partial charge on any atom is -0.337 e. The molecule has 1 fully saturated rings. The molecule has 2 amide bonds. The number of thiazole rings is 1. The summed E-state index contributed by atoms with van der Waals surface area (Å²) in [7, 11) is 0. The number of aromatic nitrogens is 2. The van der Waals surface area contributed by atoms with Crippen LogP contribution in [0.15, 0.2) is 42.6 Å². The number of hydrogen-bond donors (Lipinski definition) is 1. The van der Waals surface area contributed by atoms with E-state index in [1.807, 2.05) is 24.8 Å². The fourth-order valence-electron chi connectivity index (χ4n) is 3.79. The van der Waals surface area contributed by atoms with Gasteiger partial charge in [0.1, 0.15) is 10.7 Å². The second-order valence-corrected chi connectivity index (χ2v) is 8.87. The van der Waals surface area contributed by atoms with Crippen molar-refractivity contribution >= 4 is 28.8 Å². The highest BCUT2D eigenvalue weighted by molar-refractivity contribution is 7.13. The van der Waals surface area contributed by atoms with Gasteiger partial charge in [0.25, 0.3) is 11.8 Å². The summed E-state index contributed by atoms with van der Waals surface area (Å²) in [6, 6.07) is 9.19. The van der Waals surface area contributed by atoms with E-state index in [9.17, 15) is 14.0 Å². The number of pyridine rings is 1. The number of halogens is 1. The van der Waals surface area contributed by atoms with E-state index in [4.69, 9.17) is 0 Å². The van der Waals surface area contributed by atoms with Gasteiger partial charge < -0.3 is 10.2 Å². The van der Waals surface area contributed by atoms with Gasteiger partial charge in [0.2, 0.25) is 0 Å². The van der Waals surface area contributed by atoms with E-state index in [1.165, 1.54) is 35.6 Å². The number of aryl methyl sites for hydroxylation is 2. The zero-order valence-electron chi connectivity index (χ0n) is 17.4. The van der Waals surface area contributed by atoms with Crippen LogP contribution in [-0.4, -0.2) is 39.8 Å². The smallest absolute Gasteiger partial charge is 0.265 e. The van der Waals surface area contributed by atoms with Crippen molar-refractivity contribution in [1.29, 1.82) is 0 Å². The number of hydrogen-bond acceptors (Lipinski definition) is 5. The third kappa shape index (κ3) is 4.80. The maximum atomic E-state index is 13.0. The molecule has 0 unspecified atom stereocenters. The molecule has 0 spiro atoms. The maximum absolute atomic E-state index is 13.0. The molecule has 0 aliphatic carbocycles. The lowest BCUT2D eigenvalue weighted by Gasteiger charge is -2.32. The Morgan fingerprint density at radius 3 is 2.58 bits per heavy atom. The summed E-state index contributed by atoms with van der Waals surface area (Å²) in [5, 5.41) is 3.62. The minimum atomic E-state index is -0.357. The first-order valence-electron chi connectivity index (χ1n) is 10.2. The molecular weight excluding hydrogens is 415 g/mol. The first-order chi connectivity index (χ1) is 14.9. The van der Waals surface area contributed by atoms with Crippen molar-refractivity contribution in [2.45, 2.75) is 32.6 Å². The van der Waals surface area contributed by atoms with E-state index in [-0.39, 0.29) is 23.5 Å². The van der Waals surface area contributed by atoms with Crippen LogP contribution in [0.4, 0.5) is 10.1 Å². The zero-order chi connectivity index (χ0) is 22.0. The van der Waals surface area contributed by atoms with Crippen molar-refractivity contribution in [3.05, 3.63) is 75.2 Å². The second kappa shape index (κ2) is 8.93. The van der Waals surface area contributed by atoms with Crippen molar-refractivity contribution in [1.82, 2.24) is 14.9 Å². The summed E-state index contributed by atoms with van der Waals surface area (Å²) in [4.78, 5) is 36.8. The fourth-order valence-corrected chi connectivity index (χ4v) is 4.68. The molecule has 1 aliphatic heterocycles. The summed E-state index contributed by atoms with van der Waals surface area (Å²) in [5.41, 5.74) is 2.59. The Labute approximate surface area is 184 Å². The molecule has 1 N–H and O–H groups in total. The third-order valence-electron chi connectivity index (χ3n) is 5.38. The Bertz CT molecular complexity index is 1100. The highest BCUT2D eigenvalue weighted by Gasteiger charge is 2.28. The van der Waals surface area contributed by atoms with Crippen LogP contribution in [0.5, 0.6) is 0 Å². The van der Waals surface area contributed by atoms with E-state index in [0.29, 0.717) is 22.7 Å². The first-order valence-corrected chi connectivity index (χ1v) is 11.0. The molecule has 4 rings (SSSR count). The highest BCUT2D eigenvalue weighted by Crippen LogP contribution is 2.28. The van der Waals surface area contributed by atoms with Crippen LogP contribution in [-0.2, 0) is 0 Å². The molecule has 1 aliphatic rings. The van der Waals surface area contributed by atoms with E-state index in [2.05, 4.69) is 15.3 Å². The van der Waals surface area contributed by atoms with Gasteiger partial charge in [0.15, 0.2) is 0 Å². The molecule has 8 heteroatoms. The number of piperidine rings is 1. The minimum absolute atomic E-state index is 0.0306. The molecule has 3 aromatic rings. The molecule has 1 atom stereocenters. The number of carbonyl (C=O) groups is 2. The van der Waals surface area contributed by atoms with Crippen LogP contribution in [0.3, 0.4) is 0 Å². The SMILES string of the molecule is Cc1nc(C)c(C(=O)N2CCC[C@H](c3ccc(C(=O)Nc4ccc(F)cc4)cn3)C2)s1. The average Bonchev–Trinajstić information content (AvgIpc) is 3.13. The van der Waals surface area contributed by atoms with Crippen LogP contribution >= 0.6 is 11.3 Å². The molecule has 1 saturated heterocycles. The lowest BCUT2D eigenvalue weighted by molar-refractivity contribution is 0.0710. The van der Waals surface area contributed by atoms with Gasteiger partial charge in [-0.05, 0) is 63.1 Å². The lowest BCUT2D eigenvalue weighted by Crippen LogP contribution is -2.39. The Balaban J connectivity index is 1.42. The number of nitrogens with zero attached hydrogens (tertiary/aromatic N) is 3. The van der Waals surface area contributed by atoms with Crippen molar-refractivity contribution in [3.63, 3.8) is 0 Å². The predicted octanol–water partition coefficient (Wildman–Crippen LogP) is 4.57. The number of amides is 2. The summed E-state index contributed by atoms with van der Waals surface area (Å²) in [6.45, 7) is 5.10. The summed E-state index contributed by atoms with van der Waals surface area (Å²) >= 11 is 1.44. The Hall–Kier alpha value is -3.13. The quantitative estimate of drug-likeness (QED) is 0.648. The number of nitrogens with one attached hydrogen (secondary N) is 1. The Morgan fingerprint density at radius 1 is 1.16 bits per heavy atom. The normalized spacial score (nSPS) is 16.2. The molecule has 3 heterocycles. The van der Waals surface area contributed by atoms with Gasteiger partial charge in [-0.1, -0.05) is 0 Å². The number of benzene rings is 1. The number of anilines is 1. The van der Waals surface area contributed by atoms with E-state index in [0.717, 1.165) is 35.8 Å². The van der Waals surface area contributed by atoms with Gasteiger partial charge in [-0.15, -0.1) is 11.3 Å². The van der Waals surface area contributed by atoms with E-state index >= 15 is 0 Å². The number of carbonyl (C=O) groups excluding carboxylic acids is 2. The molecule has 1 aromatic carbocycles. The van der Waals surface area contributed by atoms with Gasteiger partial charge in [0, 0.05) is 36.6 Å². The first kappa shape index (κ1) is 21.1. The van der Waals surface area contributed by atoms with Crippen LogP contribution in [0.1, 0.15) is 55.2 Å². The van der Waals surface area contributed by atoms with Crippen molar-refractivity contribution in [2.75, 3.05) is 18.4 Å². The lowest BCUT2D eigenvalue weighted by atomic mass is 9.94. The van der Waals surface area contributed by atoms with Gasteiger partial charge >= 0.3 is 0 Å². The van der Waals surface area contributed by atoms with Crippen molar-refractivity contribution in [2.24, 2.45) is 0 Å². The third-order valence-corrected chi connectivity index (χ3v) is 6.44. The summed E-state index contributed by atoms with van der Waals surface area (Å²) in [6.07, 6.45) is 3.39. The van der Waals surface area contributed by atoms with Gasteiger partial charge in [-0.3, -0.25) is 14.6 Å². The molecule has 0 bridgehead atoms. The van der Waals surface area contributed by atoms with Crippen LogP contribution in [0, 0.1) is 19.7 Å². The predicted molar refractivity (Wildman–Crippen MR) is 118 cm³/mol. The molecular formula is C23H23FN4O2S. The van der Waals surface area contributed by atoms with E-state index in [1.54, 1.807) is 12.3 Å². The van der Waals surface area contributed by atoms with Crippen LogP contribution < -0.4 is 5.32 Å². The molecule has 31 heavy (non-hydrogen) atoms. The molecule has 2 aromatic heterocycles. The second-order valence-electron chi connectivity index (χ2n) is 7.67. The molecule has 0 saturated carbocycles. The molecule has 6 nitrogen and oxygen atoms in total. The number of likely N-dealkylation sites (tertiary alicyclic amines) is 1. The maximum Gasteiger partial charge on any atom is 0.265 e. The van der Waals surface area contributed by atoms with Gasteiger partial charge in [-0.25, -0.2) is 9.37 Å². The van der Waals surface area contributed by atoms with Gasteiger partial charge in [0.05, 0.1) is 16.3 Å². The summed E-state index contributed by atoms with van der Waals surface area (Å²) < 4.78 is 13.0. The largest absolute Gasteiger partial charge is 0.337 e. The monoisotopic (exact) mass is 438 g/mol.